The van der Waals surface area contributed by atoms with Gasteiger partial charge in [0.1, 0.15) is 0 Å². The summed E-state index contributed by atoms with van der Waals surface area (Å²) in [4.78, 5) is 1.94. The molecule has 0 aromatic heterocycles. The van der Waals surface area contributed by atoms with Crippen molar-refractivity contribution in [3.8, 4) is 0 Å². The van der Waals surface area contributed by atoms with E-state index in [0.29, 0.717) is 36.6 Å². The second kappa shape index (κ2) is 10.5. The lowest BCUT2D eigenvalue weighted by molar-refractivity contribution is 0.378. The Morgan fingerprint density at radius 2 is 1.81 bits per heavy atom. The normalized spacial score (nSPS) is 16.3. The zero-order valence-corrected chi connectivity index (χ0v) is 20.8. The van der Waals surface area contributed by atoms with Crippen LogP contribution in [0.1, 0.15) is 24.5 Å². The molecule has 0 spiro atoms. The molecule has 0 radical (unpaired) electrons. The van der Waals surface area contributed by atoms with Crippen molar-refractivity contribution in [1.82, 2.24) is 9.03 Å². The molecular weight excluding hydrogens is 472 g/mol. The summed E-state index contributed by atoms with van der Waals surface area (Å²) in [5.74, 6) is 0. The molecule has 1 aliphatic heterocycles. The molecule has 2 aromatic rings. The smallest absolute Gasteiger partial charge is 0.280 e. The highest BCUT2D eigenvalue weighted by Crippen LogP contribution is 2.24. The summed E-state index contributed by atoms with van der Waals surface area (Å²) in [7, 11) is 0.140. The van der Waals surface area contributed by atoms with Crippen molar-refractivity contribution in [2.75, 3.05) is 36.4 Å². The van der Waals surface area contributed by atoms with E-state index in [1.54, 1.807) is 25.1 Å². The lowest BCUT2D eigenvalue weighted by Gasteiger charge is -2.30. The van der Waals surface area contributed by atoms with Crippen LogP contribution in [0.25, 0.3) is 0 Å². The molecule has 1 unspecified atom stereocenters. The van der Waals surface area contributed by atoms with Crippen LogP contribution in [0, 0.1) is 0 Å². The van der Waals surface area contributed by atoms with Gasteiger partial charge in [0.2, 0.25) is 0 Å². The van der Waals surface area contributed by atoms with E-state index in [0.717, 1.165) is 16.8 Å². The van der Waals surface area contributed by atoms with Gasteiger partial charge in [0.15, 0.2) is 0 Å². The lowest BCUT2D eigenvalue weighted by atomic mass is 10.0. The van der Waals surface area contributed by atoms with Gasteiger partial charge in [-0.1, -0.05) is 17.7 Å². The molecule has 0 saturated carbocycles. The Hall–Kier alpha value is -1.69. The number of fused-ring (bicyclic) bond motifs is 1. The third-order valence-corrected chi connectivity index (χ3v) is 8.14. The fourth-order valence-corrected chi connectivity index (χ4v) is 5.79. The van der Waals surface area contributed by atoms with Crippen LogP contribution in [0.3, 0.4) is 0 Å². The number of nitrogens with zero attached hydrogens (tertiary/aromatic N) is 3. The third-order valence-electron chi connectivity index (χ3n) is 5.44. The molecule has 1 heterocycles. The van der Waals surface area contributed by atoms with E-state index in [2.05, 4.69) is 4.72 Å². The molecule has 3 rings (SSSR count). The Bertz CT molecular complexity index is 1060. The standard InChI is InChI=1S/C21H29ClN4O4S2/c1-16(10-13-26(31(27)28)21-8-6-20(7-9-21)24(2)3)23-32(29,30)25-12-11-17-14-19(22)5-4-18(17)15-25/h4-9,14,16,23H,10-13,15H2,1-3H3,(H,27,28)/t16-/m0/s1. The Kier molecular flexibility index (Phi) is 8.18. The van der Waals surface area contributed by atoms with Gasteiger partial charge in [-0.05, 0) is 67.3 Å². The van der Waals surface area contributed by atoms with Gasteiger partial charge in [0.05, 0.1) is 5.69 Å². The highest BCUT2D eigenvalue weighted by molar-refractivity contribution is 7.87. The molecule has 0 saturated heterocycles. The van der Waals surface area contributed by atoms with Crippen LogP contribution in [0.15, 0.2) is 42.5 Å². The van der Waals surface area contributed by atoms with E-state index >= 15 is 0 Å². The first-order valence-electron chi connectivity index (χ1n) is 10.3. The number of rotatable bonds is 9. The molecule has 0 amide bonds. The van der Waals surface area contributed by atoms with E-state index in [1.807, 2.05) is 43.3 Å². The minimum Gasteiger partial charge on any atom is -0.378 e. The van der Waals surface area contributed by atoms with Crippen LogP contribution >= 0.6 is 11.6 Å². The fraction of sp³-hybridized carbons (Fsp3) is 0.429. The van der Waals surface area contributed by atoms with Crippen LogP contribution in [0.5, 0.6) is 0 Å². The minimum atomic E-state index is -3.70. The Labute approximate surface area is 197 Å². The van der Waals surface area contributed by atoms with Gasteiger partial charge in [0, 0.05) is 50.5 Å². The second-order valence-electron chi connectivity index (χ2n) is 8.05. The summed E-state index contributed by atoms with van der Waals surface area (Å²) in [5, 5.41) is 0.647. The highest BCUT2D eigenvalue weighted by Gasteiger charge is 2.28. The van der Waals surface area contributed by atoms with E-state index in [1.165, 1.54) is 8.61 Å². The van der Waals surface area contributed by atoms with Crippen molar-refractivity contribution in [3.63, 3.8) is 0 Å². The van der Waals surface area contributed by atoms with Crippen molar-refractivity contribution >= 4 is 44.5 Å². The van der Waals surface area contributed by atoms with Crippen molar-refractivity contribution in [2.24, 2.45) is 0 Å². The molecule has 2 atom stereocenters. The number of benzene rings is 2. The maximum Gasteiger partial charge on any atom is 0.280 e. The number of hydrogen-bond acceptors (Lipinski definition) is 4. The third kappa shape index (κ3) is 6.21. The van der Waals surface area contributed by atoms with E-state index < -0.39 is 27.5 Å². The molecule has 2 aromatic carbocycles. The molecule has 8 nitrogen and oxygen atoms in total. The molecule has 0 bridgehead atoms. The molecular formula is C21H29ClN4O4S2. The highest BCUT2D eigenvalue weighted by atomic mass is 35.5. The molecule has 0 aliphatic carbocycles. The van der Waals surface area contributed by atoms with E-state index in [4.69, 9.17) is 11.6 Å². The first-order chi connectivity index (χ1) is 15.1. The summed E-state index contributed by atoms with van der Waals surface area (Å²) in [6.45, 7) is 2.64. The van der Waals surface area contributed by atoms with Gasteiger partial charge in [-0.3, -0.25) is 8.86 Å². The van der Waals surface area contributed by atoms with Gasteiger partial charge in [-0.2, -0.15) is 17.4 Å². The van der Waals surface area contributed by atoms with Crippen LogP contribution in [0.4, 0.5) is 11.4 Å². The Balaban J connectivity index is 1.60. The lowest BCUT2D eigenvalue weighted by Crippen LogP contribution is -2.47. The predicted molar refractivity (Wildman–Crippen MR) is 131 cm³/mol. The van der Waals surface area contributed by atoms with Gasteiger partial charge >= 0.3 is 0 Å². The molecule has 176 valence electrons. The van der Waals surface area contributed by atoms with Crippen molar-refractivity contribution in [1.29, 1.82) is 0 Å². The fourth-order valence-electron chi connectivity index (χ4n) is 3.61. The SMILES string of the molecule is C[C@@H](CCN(c1ccc(N(C)C)cc1)S(=O)O)NS(=O)(=O)N1CCc2cc(Cl)ccc2C1. The van der Waals surface area contributed by atoms with Gasteiger partial charge in [-0.15, -0.1) is 0 Å². The molecule has 0 fully saturated rings. The molecule has 1 aliphatic rings. The molecule has 2 N–H and O–H groups in total. The Morgan fingerprint density at radius 1 is 1.16 bits per heavy atom. The minimum absolute atomic E-state index is 0.218. The van der Waals surface area contributed by atoms with Gasteiger partial charge < -0.3 is 4.90 Å². The topological polar surface area (TPSA) is 93.2 Å². The number of hydrogen-bond donors (Lipinski definition) is 2. The zero-order chi connectivity index (χ0) is 23.5. The maximum atomic E-state index is 12.9. The van der Waals surface area contributed by atoms with Crippen molar-refractivity contribution < 1.29 is 17.2 Å². The summed E-state index contributed by atoms with van der Waals surface area (Å²) < 4.78 is 52.8. The van der Waals surface area contributed by atoms with E-state index in [9.17, 15) is 17.2 Å². The molecule has 11 heteroatoms. The average molecular weight is 501 g/mol. The summed E-state index contributed by atoms with van der Waals surface area (Å²) in [6.07, 6.45) is 0.965. The van der Waals surface area contributed by atoms with Crippen LogP contribution in [-0.4, -0.2) is 54.7 Å². The molecule has 32 heavy (non-hydrogen) atoms. The second-order valence-corrected chi connectivity index (χ2v) is 11.1. The number of anilines is 2. The first-order valence-corrected chi connectivity index (χ1v) is 13.2. The average Bonchev–Trinajstić information content (AvgIpc) is 2.73. The van der Waals surface area contributed by atoms with Crippen molar-refractivity contribution in [3.05, 3.63) is 58.6 Å². The Morgan fingerprint density at radius 3 is 2.44 bits per heavy atom. The summed E-state index contributed by atoms with van der Waals surface area (Å²) in [6, 6.07) is 12.4. The summed E-state index contributed by atoms with van der Waals surface area (Å²) >= 11 is 3.81. The number of nitrogens with one attached hydrogen (secondary N) is 1. The van der Waals surface area contributed by atoms with Crippen molar-refractivity contribution in [2.45, 2.75) is 32.4 Å². The number of halogens is 1. The zero-order valence-electron chi connectivity index (χ0n) is 18.4. The van der Waals surface area contributed by atoms with Gasteiger partial charge in [0.25, 0.3) is 21.5 Å². The summed E-state index contributed by atoms with van der Waals surface area (Å²) in [5.41, 5.74) is 3.58. The van der Waals surface area contributed by atoms with Crippen LogP contribution in [-0.2, 0) is 34.4 Å². The van der Waals surface area contributed by atoms with Gasteiger partial charge in [-0.25, -0.2) is 4.21 Å². The van der Waals surface area contributed by atoms with Crippen LogP contribution < -0.4 is 13.9 Å². The predicted octanol–water partition coefficient (Wildman–Crippen LogP) is 3.02. The monoisotopic (exact) mass is 500 g/mol. The maximum absolute atomic E-state index is 12.9. The van der Waals surface area contributed by atoms with Crippen LogP contribution in [0.2, 0.25) is 5.02 Å². The van der Waals surface area contributed by atoms with E-state index in [-0.39, 0.29) is 6.54 Å². The first kappa shape index (κ1) is 24.9. The largest absolute Gasteiger partial charge is 0.378 e. The quantitative estimate of drug-likeness (QED) is 0.516.